The quantitative estimate of drug-likeness (QED) is 0.367. The van der Waals surface area contributed by atoms with Gasteiger partial charge in [-0.1, -0.05) is 13.0 Å². The number of hydrogen-bond acceptors (Lipinski definition) is 5. The molecule has 2 aromatic rings. The molecule has 37 heavy (non-hydrogen) atoms. The van der Waals surface area contributed by atoms with E-state index in [-0.39, 0.29) is 25.9 Å². The number of nitrogens with zero attached hydrogens (tertiary/aromatic N) is 1. The fourth-order valence-corrected chi connectivity index (χ4v) is 7.32. The van der Waals surface area contributed by atoms with Crippen molar-refractivity contribution >= 4 is 25.6 Å². The van der Waals surface area contributed by atoms with E-state index in [4.69, 9.17) is 0 Å². The number of likely N-dealkylation sites (tertiary alicyclic amines) is 1. The van der Waals surface area contributed by atoms with E-state index in [1.807, 2.05) is 0 Å². The molecule has 0 aliphatic carbocycles. The Morgan fingerprint density at radius 3 is 2.08 bits per heavy atom. The smallest absolute Gasteiger partial charge is 0.339 e. The molecule has 6 nitrogen and oxygen atoms in total. The van der Waals surface area contributed by atoms with Crippen LogP contribution in [0.4, 0.5) is 22.0 Å². The fourth-order valence-electron chi connectivity index (χ4n) is 4.42. The summed E-state index contributed by atoms with van der Waals surface area (Å²) in [5.74, 6) is -4.64. The Hall–Kier alpha value is -2.54. The van der Waals surface area contributed by atoms with Crippen LogP contribution >= 0.6 is 0 Å². The van der Waals surface area contributed by atoms with E-state index >= 15 is 0 Å². The normalized spacial score (nSPS) is 16.2. The highest BCUT2D eigenvalue weighted by Gasteiger charge is 2.45. The zero-order valence-corrected chi connectivity index (χ0v) is 21.9. The molecule has 1 saturated heterocycles. The van der Waals surface area contributed by atoms with Crippen LogP contribution in [0.1, 0.15) is 49.5 Å². The Kier molecular flexibility index (Phi) is 7.82. The van der Waals surface area contributed by atoms with Gasteiger partial charge in [-0.2, -0.15) is 13.2 Å². The van der Waals surface area contributed by atoms with Gasteiger partial charge in [-0.3, -0.25) is 4.79 Å². The van der Waals surface area contributed by atoms with Gasteiger partial charge in [0.2, 0.25) is 0 Å². The first-order valence-corrected chi connectivity index (χ1v) is 14.5. The van der Waals surface area contributed by atoms with Crippen molar-refractivity contribution in [3.63, 3.8) is 0 Å². The van der Waals surface area contributed by atoms with E-state index < -0.39 is 80.7 Å². The molecule has 0 radical (unpaired) electrons. The first-order valence-electron chi connectivity index (χ1n) is 11.4. The molecule has 1 amide bonds. The summed E-state index contributed by atoms with van der Waals surface area (Å²) < 4.78 is 117. The van der Waals surface area contributed by atoms with E-state index in [0.29, 0.717) is 18.2 Å². The Morgan fingerprint density at radius 1 is 0.973 bits per heavy atom. The van der Waals surface area contributed by atoms with Gasteiger partial charge in [0, 0.05) is 13.1 Å². The van der Waals surface area contributed by atoms with Crippen LogP contribution in [0.2, 0.25) is 0 Å². The number of piperidine rings is 1. The van der Waals surface area contributed by atoms with Crippen LogP contribution in [0.3, 0.4) is 0 Å². The van der Waals surface area contributed by atoms with Crippen molar-refractivity contribution in [2.75, 3.05) is 18.8 Å². The molecule has 0 bridgehead atoms. The third-order valence-corrected chi connectivity index (χ3v) is 11.3. The molecule has 0 aromatic heterocycles. The van der Waals surface area contributed by atoms with Crippen LogP contribution in [0.5, 0.6) is 0 Å². The fraction of sp³-hybridized carbons (Fsp3) is 0.458. The van der Waals surface area contributed by atoms with Gasteiger partial charge in [0.1, 0.15) is 0 Å². The van der Waals surface area contributed by atoms with Crippen LogP contribution in [-0.2, 0) is 25.9 Å². The van der Waals surface area contributed by atoms with Crippen LogP contribution in [0, 0.1) is 17.6 Å². The van der Waals surface area contributed by atoms with E-state index in [9.17, 15) is 43.6 Å². The van der Waals surface area contributed by atoms with Gasteiger partial charge in [0.15, 0.2) is 31.3 Å². The lowest BCUT2D eigenvalue weighted by Crippen LogP contribution is -2.47. The molecule has 2 aromatic carbocycles. The zero-order chi connectivity index (χ0) is 28.0. The minimum atomic E-state index is -4.72. The molecule has 1 heterocycles. The summed E-state index contributed by atoms with van der Waals surface area (Å²) in [6.45, 7) is 4.08. The molecule has 0 atom stereocenters. The number of hydrogen-bond donors (Lipinski definition) is 0. The molecule has 204 valence electrons. The number of sulfone groups is 2. The Labute approximate surface area is 212 Å². The highest BCUT2D eigenvalue weighted by Crippen LogP contribution is 2.40. The zero-order valence-electron chi connectivity index (χ0n) is 20.3. The van der Waals surface area contributed by atoms with Crippen molar-refractivity contribution in [3.05, 3.63) is 59.2 Å². The second kappa shape index (κ2) is 9.97. The third-order valence-electron chi connectivity index (χ3n) is 6.90. The van der Waals surface area contributed by atoms with Gasteiger partial charge in [0.25, 0.3) is 5.91 Å². The highest BCUT2D eigenvalue weighted by molar-refractivity contribution is 7.92. The second-order valence-electron chi connectivity index (χ2n) is 9.36. The average molecular weight is 568 g/mol. The molecule has 1 aliphatic heterocycles. The molecule has 1 aliphatic rings. The van der Waals surface area contributed by atoms with Gasteiger partial charge < -0.3 is 4.90 Å². The predicted molar refractivity (Wildman–Crippen MR) is 125 cm³/mol. The van der Waals surface area contributed by atoms with Crippen molar-refractivity contribution in [1.29, 1.82) is 0 Å². The Bertz CT molecular complexity index is 1410. The summed E-state index contributed by atoms with van der Waals surface area (Å²) in [4.78, 5) is 13.2. The van der Waals surface area contributed by atoms with E-state index in [1.165, 1.54) is 25.7 Å². The summed E-state index contributed by atoms with van der Waals surface area (Å²) in [6, 6.07) is 4.50. The molecule has 0 spiro atoms. The summed E-state index contributed by atoms with van der Waals surface area (Å²) in [5, 5.41) is 0. The lowest BCUT2D eigenvalue weighted by molar-refractivity contribution is -0.137. The van der Waals surface area contributed by atoms with Gasteiger partial charge in [-0.25, -0.2) is 25.6 Å². The first kappa shape index (κ1) is 29.0. The number of alkyl halides is 3. The number of amides is 1. The van der Waals surface area contributed by atoms with Crippen LogP contribution in [0.15, 0.2) is 46.2 Å². The lowest BCUT2D eigenvalue weighted by atomic mass is 9.85. The van der Waals surface area contributed by atoms with E-state index in [0.717, 1.165) is 18.2 Å². The number of rotatable bonds is 6. The lowest BCUT2D eigenvalue weighted by Gasteiger charge is -2.40. The molecule has 13 heteroatoms. The van der Waals surface area contributed by atoms with Crippen molar-refractivity contribution in [1.82, 2.24) is 4.90 Å². The molecule has 0 saturated carbocycles. The largest absolute Gasteiger partial charge is 0.416 e. The number of halogens is 5. The standard InChI is InChI=1S/C24H26F5NO5S2/c1-4-36(32,33)21-14-20(26)19(25)13-18(21)22(31)30-10-8-15(9-11-30)23(2,3)37(34,35)17-7-5-6-16(12-17)24(27,28)29/h5-7,12-15H,4,8-11H2,1-3H3. The van der Waals surface area contributed by atoms with Crippen molar-refractivity contribution < 1.29 is 43.6 Å². The van der Waals surface area contributed by atoms with Gasteiger partial charge >= 0.3 is 6.18 Å². The minimum Gasteiger partial charge on any atom is -0.339 e. The summed E-state index contributed by atoms with van der Waals surface area (Å²) >= 11 is 0. The van der Waals surface area contributed by atoms with Crippen molar-refractivity contribution in [2.24, 2.45) is 5.92 Å². The van der Waals surface area contributed by atoms with Gasteiger partial charge in [-0.15, -0.1) is 0 Å². The second-order valence-corrected chi connectivity index (χ2v) is 14.1. The number of carbonyl (C=O) groups is 1. The Balaban J connectivity index is 1.85. The van der Waals surface area contributed by atoms with Gasteiger partial charge in [-0.05, 0) is 62.9 Å². The van der Waals surface area contributed by atoms with Gasteiger partial charge in [0.05, 0.1) is 31.4 Å². The summed E-state index contributed by atoms with van der Waals surface area (Å²) in [7, 11) is -8.29. The monoisotopic (exact) mass is 567 g/mol. The summed E-state index contributed by atoms with van der Waals surface area (Å²) in [6.07, 6.45) is -4.45. The highest BCUT2D eigenvalue weighted by atomic mass is 32.2. The topological polar surface area (TPSA) is 88.6 Å². The summed E-state index contributed by atoms with van der Waals surface area (Å²) in [5.41, 5.74) is -1.61. The SMILES string of the molecule is CCS(=O)(=O)c1cc(F)c(F)cc1C(=O)N1CCC(C(C)(C)S(=O)(=O)c2cccc(C(F)(F)F)c2)CC1. The molecule has 0 unspecified atom stereocenters. The van der Waals surface area contributed by atoms with Crippen LogP contribution < -0.4 is 0 Å². The Morgan fingerprint density at radius 2 is 1.54 bits per heavy atom. The average Bonchev–Trinajstić information content (AvgIpc) is 2.84. The minimum absolute atomic E-state index is 0.0182. The molecule has 3 rings (SSSR count). The van der Waals surface area contributed by atoms with Crippen LogP contribution in [0.25, 0.3) is 0 Å². The van der Waals surface area contributed by atoms with Crippen LogP contribution in [-0.4, -0.2) is 51.2 Å². The number of carbonyl (C=O) groups excluding carboxylic acids is 1. The molecular weight excluding hydrogens is 541 g/mol. The third kappa shape index (κ3) is 5.52. The first-order chi connectivity index (χ1) is 16.9. The maximum absolute atomic E-state index is 13.9. The predicted octanol–water partition coefficient (Wildman–Crippen LogP) is 4.88. The molecule has 1 fully saturated rings. The maximum atomic E-state index is 13.9. The van der Waals surface area contributed by atoms with E-state index in [2.05, 4.69) is 0 Å². The van der Waals surface area contributed by atoms with E-state index in [1.54, 1.807) is 0 Å². The molecular formula is C24H26F5NO5S2. The maximum Gasteiger partial charge on any atom is 0.416 e. The van der Waals surface area contributed by atoms with Crippen molar-refractivity contribution in [2.45, 2.75) is 54.3 Å². The molecule has 0 N–H and O–H groups in total. The van der Waals surface area contributed by atoms with Crippen molar-refractivity contribution in [3.8, 4) is 0 Å². The number of benzene rings is 2.